The molecule has 1 aromatic carbocycles. The van der Waals surface area contributed by atoms with Crippen LogP contribution in [0.3, 0.4) is 0 Å². The highest BCUT2D eigenvalue weighted by Crippen LogP contribution is 2.30. The quantitative estimate of drug-likeness (QED) is 0.677. The van der Waals surface area contributed by atoms with E-state index >= 15 is 0 Å². The Morgan fingerprint density at radius 2 is 2.32 bits per heavy atom. The molecule has 0 aliphatic rings. The number of benzene rings is 1. The molecule has 0 aliphatic heterocycles. The summed E-state index contributed by atoms with van der Waals surface area (Å²) < 4.78 is 15.0. The minimum absolute atomic E-state index is 0.157. The van der Waals surface area contributed by atoms with Crippen molar-refractivity contribution in [1.29, 1.82) is 0 Å². The van der Waals surface area contributed by atoms with E-state index in [1.54, 1.807) is 18.7 Å². The van der Waals surface area contributed by atoms with Gasteiger partial charge in [-0.3, -0.25) is 10.1 Å². The molecule has 0 saturated carbocycles. The van der Waals surface area contributed by atoms with Gasteiger partial charge in [0.2, 0.25) is 0 Å². The zero-order valence-corrected chi connectivity index (χ0v) is 10.5. The Morgan fingerprint density at radius 3 is 2.95 bits per heavy atom. The van der Waals surface area contributed by atoms with Crippen molar-refractivity contribution in [2.45, 2.75) is 6.54 Å². The van der Waals surface area contributed by atoms with Gasteiger partial charge in [0.25, 0.3) is 5.69 Å². The van der Waals surface area contributed by atoms with E-state index in [4.69, 9.17) is 11.6 Å². The third-order valence-corrected chi connectivity index (χ3v) is 2.77. The van der Waals surface area contributed by atoms with Gasteiger partial charge in [0.1, 0.15) is 11.5 Å². The van der Waals surface area contributed by atoms with Gasteiger partial charge < -0.3 is 9.88 Å². The average molecular weight is 285 g/mol. The molecule has 0 unspecified atom stereocenters. The summed E-state index contributed by atoms with van der Waals surface area (Å²) in [6.07, 6.45) is 5.04. The smallest absolute Gasteiger partial charge is 0.295 e. The lowest BCUT2D eigenvalue weighted by Gasteiger charge is -2.08. The Kier molecular flexibility index (Phi) is 3.96. The Labute approximate surface area is 113 Å². The first-order valence-electron chi connectivity index (χ1n) is 5.41. The zero-order valence-electron chi connectivity index (χ0n) is 9.72. The van der Waals surface area contributed by atoms with Crippen molar-refractivity contribution in [2.75, 3.05) is 11.9 Å². The van der Waals surface area contributed by atoms with Crippen molar-refractivity contribution >= 4 is 23.0 Å². The zero-order chi connectivity index (χ0) is 13.8. The molecule has 0 atom stereocenters. The third-order valence-electron chi connectivity index (χ3n) is 2.48. The molecule has 100 valence electrons. The first-order valence-corrected chi connectivity index (χ1v) is 5.79. The molecule has 0 fully saturated rings. The average Bonchev–Trinajstić information content (AvgIpc) is 2.86. The largest absolute Gasteiger partial charge is 0.378 e. The van der Waals surface area contributed by atoms with Gasteiger partial charge >= 0.3 is 0 Å². The van der Waals surface area contributed by atoms with E-state index < -0.39 is 10.7 Å². The molecule has 8 heteroatoms. The van der Waals surface area contributed by atoms with Gasteiger partial charge in [-0.15, -0.1) is 0 Å². The lowest BCUT2D eigenvalue weighted by Crippen LogP contribution is -2.10. The number of hydrogen-bond acceptors (Lipinski definition) is 4. The summed E-state index contributed by atoms with van der Waals surface area (Å²) in [5.74, 6) is -0.812. The maximum Gasteiger partial charge on any atom is 0.295 e. The van der Waals surface area contributed by atoms with Gasteiger partial charge in [-0.1, -0.05) is 11.6 Å². The number of imidazole rings is 1. The van der Waals surface area contributed by atoms with E-state index in [1.165, 1.54) is 6.07 Å². The fraction of sp³-hybridized carbons (Fsp3) is 0.182. The van der Waals surface area contributed by atoms with Crippen LogP contribution in [0.5, 0.6) is 0 Å². The normalized spacial score (nSPS) is 10.4. The van der Waals surface area contributed by atoms with Gasteiger partial charge in [-0.2, -0.15) is 0 Å². The summed E-state index contributed by atoms with van der Waals surface area (Å²) in [6, 6.07) is 2.02. The third kappa shape index (κ3) is 3.19. The molecule has 0 saturated heterocycles. The van der Waals surface area contributed by atoms with Crippen molar-refractivity contribution in [3.63, 3.8) is 0 Å². The van der Waals surface area contributed by atoms with E-state index in [0.717, 1.165) is 6.07 Å². The fourth-order valence-electron chi connectivity index (χ4n) is 1.57. The van der Waals surface area contributed by atoms with Gasteiger partial charge in [-0.25, -0.2) is 9.37 Å². The summed E-state index contributed by atoms with van der Waals surface area (Å²) in [4.78, 5) is 14.0. The summed E-state index contributed by atoms with van der Waals surface area (Å²) in [7, 11) is 0. The van der Waals surface area contributed by atoms with Crippen molar-refractivity contribution in [1.82, 2.24) is 9.55 Å². The summed E-state index contributed by atoms with van der Waals surface area (Å²) in [5, 5.41) is 13.5. The Morgan fingerprint density at radius 1 is 1.53 bits per heavy atom. The van der Waals surface area contributed by atoms with Crippen LogP contribution < -0.4 is 5.32 Å². The van der Waals surface area contributed by atoms with Crippen molar-refractivity contribution in [3.8, 4) is 0 Å². The number of hydrogen-bond donors (Lipinski definition) is 1. The van der Waals surface area contributed by atoms with Crippen LogP contribution >= 0.6 is 11.6 Å². The number of anilines is 1. The first kappa shape index (κ1) is 13.3. The molecule has 2 rings (SSSR count). The van der Waals surface area contributed by atoms with Gasteiger partial charge in [0.05, 0.1) is 22.3 Å². The summed E-state index contributed by atoms with van der Waals surface area (Å²) in [5.41, 5.74) is -0.149. The molecule has 0 radical (unpaired) electrons. The van der Waals surface area contributed by atoms with Crippen LogP contribution in [0.15, 0.2) is 30.9 Å². The van der Waals surface area contributed by atoms with Crippen molar-refractivity contribution in [2.24, 2.45) is 0 Å². The number of nitrogens with zero attached hydrogens (tertiary/aromatic N) is 3. The predicted molar refractivity (Wildman–Crippen MR) is 68.8 cm³/mol. The van der Waals surface area contributed by atoms with Crippen LogP contribution in [0, 0.1) is 15.9 Å². The molecule has 1 aromatic heterocycles. The molecule has 1 N–H and O–H groups in total. The number of nitro benzene ring substituents is 1. The monoisotopic (exact) mass is 284 g/mol. The topological polar surface area (TPSA) is 73.0 Å². The van der Waals surface area contributed by atoms with Gasteiger partial charge in [0.15, 0.2) is 0 Å². The second-order valence-electron chi connectivity index (χ2n) is 3.77. The number of nitrogens with one attached hydrogen (secondary N) is 1. The SMILES string of the molecule is O=[N+]([O-])c1cc(F)c(Cl)cc1NCCn1ccnc1. The minimum atomic E-state index is -0.812. The van der Waals surface area contributed by atoms with E-state index in [0.29, 0.717) is 13.1 Å². The first-order chi connectivity index (χ1) is 9.08. The predicted octanol–water partition coefficient (Wildman–Crippen LogP) is 2.70. The number of nitro groups is 1. The molecule has 19 heavy (non-hydrogen) atoms. The summed E-state index contributed by atoms with van der Waals surface area (Å²) >= 11 is 5.62. The lowest BCUT2D eigenvalue weighted by atomic mass is 10.2. The van der Waals surface area contributed by atoms with Crippen LogP contribution in [-0.4, -0.2) is 21.0 Å². The highest BCUT2D eigenvalue weighted by Gasteiger charge is 2.17. The van der Waals surface area contributed by atoms with Crippen molar-refractivity contribution in [3.05, 3.63) is 51.8 Å². The molecule has 2 aromatic rings. The standard InChI is InChI=1S/C11H10ClFN4O2/c12-8-5-10(11(17(18)19)6-9(8)13)15-2-4-16-3-1-14-7-16/h1,3,5-7,15H,2,4H2. The molecule has 0 aliphatic carbocycles. The molecular weight excluding hydrogens is 275 g/mol. The van der Waals surface area contributed by atoms with Crippen LogP contribution in [0.1, 0.15) is 0 Å². The number of rotatable bonds is 5. The van der Waals surface area contributed by atoms with E-state index in [1.807, 2.05) is 4.57 Å². The Hall–Kier alpha value is -2.15. The van der Waals surface area contributed by atoms with E-state index in [-0.39, 0.29) is 16.4 Å². The van der Waals surface area contributed by atoms with Crippen LogP contribution in [-0.2, 0) is 6.54 Å². The molecule has 0 bridgehead atoms. The van der Waals surface area contributed by atoms with Gasteiger partial charge in [-0.05, 0) is 6.07 Å². The number of aromatic nitrogens is 2. The van der Waals surface area contributed by atoms with Crippen LogP contribution in [0.4, 0.5) is 15.8 Å². The summed E-state index contributed by atoms with van der Waals surface area (Å²) in [6.45, 7) is 1.01. The molecule has 1 heterocycles. The van der Waals surface area contributed by atoms with Crippen LogP contribution in [0.25, 0.3) is 0 Å². The maximum absolute atomic E-state index is 13.2. The Balaban J connectivity index is 2.10. The van der Waals surface area contributed by atoms with Crippen molar-refractivity contribution < 1.29 is 9.31 Å². The lowest BCUT2D eigenvalue weighted by molar-refractivity contribution is -0.384. The van der Waals surface area contributed by atoms with Gasteiger partial charge in [0, 0.05) is 25.5 Å². The molecule has 0 spiro atoms. The number of halogens is 2. The Bertz CT molecular complexity index is 589. The molecular formula is C11H10ClFN4O2. The molecule has 0 amide bonds. The minimum Gasteiger partial charge on any atom is -0.378 e. The second-order valence-corrected chi connectivity index (χ2v) is 4.18. The highest BCUT2D eigenvalue weighted by atomic mass is 35.5. The maximum atomic E-state index is 13.2. The highest BCUT2D eigenvalue weighted by molar-refractivity contribution is 6.31. The van der Waals surface area contributed by atoms with E-state index in [9.17, 15) is 14.5 Å². The molecule has 6 nitrogen and oxygen atoms in total. The second kappa shape index (κ2) is 5.66. The van der Waals surface area contributed by atoms with E-state index in [2.05, 4.69) is 10.3 Å². The van der Waals surface area contributed by atoms with Crippen LogP contribution in [0.2, 0.25) is 5.02 Å². The fourth-order valence-corrected chi connectivity index (χ4v) is 1.73.